The highest BCUT2D eigenvalue weighted by Gasteiger charge is 2.24. The van der Waals surface area contributed by atoms with E-state index in [1.165, 1.54) is 6.26 Å². The van der Waals surface area contributed by atoms with Crippen molar-refractivity contribution < 1.29 is 18.7 Å². The molecular formula is C18H20N4O4. The molecule has 0 bridgehead atoms. The Kier molecular flexibility index (Phi) is 4.34. The van der Waals surface area contributed by atoms with Gasteiger partial charge in [-0.15, -0.1) is 0 Å². The third-order valence-electron chi connectivity index (χ3n) is 4.54. The zero-order valence-electron chi connectivity index (χ0n) is 14.7. The number of ether oxygens (including phenoxy) is 2. The number of amides is 1. The van der Waals surface area contributed by atoms with E-state index < -0.39 is 0 Å². The molecule has 3 aromatic rings. The van der Waals surface area contributed by atoms with Crippen molar-refractivity contribution in [3.8, 4) is 5.75 Å². The van der Waals surface area contributed by atoms with Crippen molar-refractivity contribution in [2.24, 2.45) is 0 Å². The maximum Gasteiger partial charge on any atom is 0.255 e. The Balaban J connectivity index is 1.50. The first-order valence-corrected chi connectivity index (χ1v) is 8.45. The summed E-state index contributed by atoms with van der Waals surface area (Å²) in [5, 5.41) is 8.24. The van der Waals surface area contributed by atoms with Gasteiger partial charge in [0, 0.05) is 25.0 Å². The van der Waals surface area contributed by atoms with Crippen molar-refractivity contribution in [2.45, 2.75) is 32.0 Å². The molecule has 26 heavy (non-hydrogen) atoms. The fourth-order valence-electron chi connectivity index (χ4n) is 3.24. The highest BCUT2D eigenvalue weighted by Crippen LogP contribution is 2.26. The van der Waals surface area contributed by atoms with E-state index in [4.69, 9.17) is 13.9 Å². The van der Waals surface area contributed by atoms with Crippen molar-refractivity contribution in [1.29, 1.82) is 0 Å². The average molecular weight is 356 g/mol. The molecule has 1 atom stereocenters. The van der Waals surface area contributed by atoms with Crippen LogP contribution in [0, 0.1) is 0 Å². The predicted octanol–water partition coefficient (Wildman–Crippen LogP) is 1.92. The van der Waals surface area contributed by atoms with Gasteiger partial charge in [-0.1, -0.05) is 0 Å². The standard InChI is InChI=1S/C18H20N4O4/c1-24-10-16-20-17-6-3-11(8-22(17)21-16)19-18(23)14-9-26-15-5-4-12(25-2)7-13(14)15/h4-5,7,9,11H,3,6,8,10H2,1-2H3,(H,19,23). The lowest BCUT2D eigenvalue weighted by Crippen LogP contribution is -2.41. The molecule has 0 saturated heterocycles. The van der Waals surface area contributed by atoms with Gasteiger partial charge >= 0.3 is 0 Å². The maximum absolute atomic E-state index is 12.7. The molecule has 1 aliphatic rings. The number of rotatable bonds is 5. The molecule has 2 aromatic heterocycles. The van der Waals surface area contributed by atoms with Crippen molar-refractivity contribution in [1.82, 2.24) is 20.1 Å². The Bertz CT molecular complexity index is 946. The number of aryl methyl sites for hydroxylation is 1. The molecule has 136 valence electrons. The molecule has 0 saturated carbocycles. The summed E-state index contributed by atoms with van der Waals surface area (Å²) in [5.41, 5.74) is 1.16. The minimum Gasteiger partial charge on any atom is -0.497 e. The van der Waals surface area contributed by atoms with Crippen LogP contribution in [0.4, 0.5) is 0 Å². The van der Waals surface area contributed by atoms with Gasteiger partial charge in [-0.05, 0) is 24.6 Å². The Morgan fingerprint density at radius 2 is 2.31 bits per heavy atom. The molecule has 0 radical (unpaired) electrons. The summed E-state index contributed by atoms with van der Waals surface area (Å²) in [6, 6.07) is 5.40. The summed E-state index contributed by atoms with van der Waals surface area (Å²) in [5.74, 6) is 2.12. The summed E-state index contributed by atoms with van der Waals surface area (Å²) in [6.45, 7) is 0.983. The van der Waals surface area contributed by atoms with Crippen LogP contribution in [0.25, 0.3) is 11.0 Å². The monoisotopic (exact) mass is 356 g/mol. The number of nitrogens with zero attached hydrogens (tertiary/aromatic N) is 3. The van der Waals surface area contributed by atoms with Gasteiger partial charge < -0.3 is 19.2 Å². The third kappa shape index (κ3) is 3.03. The van der Waals surface area contributed by atoms with Crippen molar-refractivity contribution in [2.75, 3.05) is 14.2 Å². The molecule has 1 N–H and O–H groups in total. The summed E-state index contributed by atoms with van der Waals surface area (Å²) < 4.78 is 17.6. The molecule has 8 heteroatoms. The number of carbonyl (C=O) groups excluding carboxylic acids is 1. The van der Waals surface area contributed by atoms with E-state index >= 15 is 0 Å². The molecule has 1 aromatic carbocycles. The summed E-state index contributed by atoms with van der Waals surface area (Å²) in [4.78, 5) is 17.2. The Hall–Kier alpha value is -2.87. The fraction of sp³-hybridized carbons (Fsp3) is 0.389. The predicted molar refractivity (Wildman–Crippen MR) is 93.1 cm³/mol. The first-order chi connectivity index (χ1) is 12.7. The van der Waals surface area contributed by atoms with Crippen LogP contribution in [0.2, 0.25) is 0 Å². The molecule has 1 amide bonds. The number of methoxy groups -OCH3 is 2. The number of benzene rings is 1. The lowest BCUT2D eigenvalue weighted by molar-refractivity contribution is 0.0927. The van der Waals surface area contributed by atoms with Gasteiger partial charge in [0.05, 0.1) is 19.2 Å². The number of furan rings is 1. The zero-order valence-corrected chi connectivity index (χ0v) is 14.7. The van der Waals surface area contributed by atoms with Crippen molar-refractivity contribution in [3.63, 3.8) is 0 Å². The van der Waals surface area contributed by atoms with Crippen LogP contribution < -0.4 is 10.1 Å². The van der Waals surface area contributed by atoms with Crippen molar-refractivity contribution in [3.05, 3.63) is 41.7 Å². The number of aromatic nitrogens is 3. The van der Waals surface area contributed by atoms with E-state index in [1.54, 1.807) is 32.4 Å². The molecule has 0 fully saturated rings. The van der Waals surface area contributed by atoms with Crippen LogP contribution in [-0.2, 0) is 24.3 Å². The van der Waals surface area contributed by atoms with Crippen LogP contribution >= 0.6 is 0 Å². The molecule has 8 nitrogen and oxygen atoms in total. The van der Waals surface area contributed by atoms with Gasteiger partial charge in [-0.2, -0.15) is 5.10 Å². The number of carbonyl (C=O) groups is 1. The topological polar surface area (TPSA) is 91.4 Å². The Labute approximate surface area is 150 Å². The average Bonchev–Trinajstić information content (AvgIpc) is 3.24. The highest BCUT2D eigenvalue weighted by molar-refractivity contribution is 6.06. The number of hydrogen-bond donors (Lipinski definition) is 1. The first kappa shape index (κ1) is 16.6. The van der Waals surface area contributed by atoms with E-state index in [2.05, 4.69) is 15.4 Å². The van der Waals surface area contributed by atoms with Gasteiger partial charge in [0.2, 0.25) is 0 Å². The second-order valence-corrected chi connectivity index (χ2v) is 6.28. The van der Waals surface area contributed by atoms with Crippen LogP contribution in [0.15, 0.2) is 28.9 Å². The zero-order chi connectivity index (χ0) is 18.1. The summed E-state index contributed by atoms with van der Waals surface area (Å²) >= 11 is 0. The van der Waals surface area contributed by atoms with E-state index in [0.29, 0.717) is 35.9 Å². The molecule has 1 aliphatic heterocycles. The van der Waals surface area contributed by atoms with Gasteiger partial charge in [-0.25, -0.2) is 9.67 Å². The quantitative estimate of drug-likeness (QED) is 0.751. The lowest BCUT2D eigenvalue weighted by atomic mass is 10.1. The van der Waals surface area contributed by atoms with Gasteiger partial charge in [0.15, 0.2) is 5.82 Å². The number of hydrogen-bond acceptors (Lipinski definition) is 6. The second-order valence-electron chi connectivity index (χ2n) is 6.28. The normalized spacial score (nSPS) is 16.5. The highest BCUT2D eigenvalue weighted by atomic mass is 16.5. The molecule has 4 rings (SSSR count). The first-order valence-electron chi connectivity index (χ1n) is 8.45. The van der Waals surface area contributed by atoms with Crippen LogP contribution in [0.1, 0.15) is 28.4 Å². The minimum absolute atomic E-state index is 0.0114. The van der Waals surface area contributed by atoms with Gasteiger partial charge in [0.1, 0.15) is 30.0 Å². The Morgan fingerprint density at radius 3 is 3.12 bits per heavy atom. The smallest absolute Gasteiger partial charge is 0.255 e. The summed E-state index contributed by atoms with van der Waals surface area (Å²) in [6.07, 6.45) is 3.07. The molecular weight excluding hydrogens is 336 g/mol. The van der Waals surface area contributed by atoms with Crippen molar-refractivity contribution >= 4 is 16.9 Å². The van der Waals surface area contributed by atoms with E-state index in [1.807, 2.05) is 4.68 Å². The van der Waals surface area contributed by atoms with E-state index in [0.717, 1.165) is 24.1 Å². The molecule has 0 spiro atoms. The minimum atomic E-state index is -0.164. The molecule has 0 aliphatic carbocycles. The van der Waals surface area contributed by atoms with E-state index in [9.17, 15) is 4.79 Å². The summed E-state index contributed by atoms with van der Waals surface area (Å²) in [7, 11) is 3.21. The SMILES string of the molecule is COCc1nc2n(n1)CC(NC(=O)c1coc3ccc(OC)cc13)CC2. The van der Waals surface area contributed by atoms with Crippen LogP contribution in [-0.4, -0.2) is 40.9 Å². The maximum atomic E-state index is 12.7. The van der Waals surface area contributed by atoms with Crippen LogP contribution in [0.3, 0.4) is 0 Å². The molecule has 3 heterocycles. The second kappa shape index (κ2) is 6.80. The number of nitrogens with one attached hydrogen (secondary N) is 1. The van der Waals surface area contributed by atoms with Crippen LogP contribution in [0.5, 0.6) is 5.75 Å². The largest absolute Gasteiger partial charge is 0.497 e. The molecule has 1 unspecified atom stereocenters. The van der Waals surface area contributed by atoms with Gasteiger partial charge in [0.25, 0.3) is 5.91 Å². The van der Waals surface area contributed by atoms with E-state index in [-0.39, 0.29) is 11.9 Å². The number of fused-ring (bicyclic) bond motifs is 2. The third-order valence-corrected chi connectivity index (χ3v) is 4.54. The lowest BCUT2D eigenvalue weighted by Gasteiger charge is -2.23. The van der Waals surface area contributed by atoms with Gasteiger partial charge in [-0.3, -0.25) is 4.79 Å². The fourth-order valence-corrected chi connectivity index (χ4v) is 3.24. The Morgan fingerprint density at radius 1 is 1.42 bits per heavy atom.